The molecule has 4 aromatic rings. The van der Waals surface area contributed by atoms with Crippen molar-refractivity contribution in [3.05, 3.63) is 74.8 Å². The van der Waals surface area contributed by atoms with Gasteiger partial charge in [-0.2, -0.15) is 4.98 Å². The second-order valence-electron chi connectivity index (χ2n) is 13.7. The maximum atomic E-state index is 14.6. The molecule has 2 aromatic heterocycles. The van der Waals surface area contributed by atoms with E-state index in [1.165, 1.54) is 0 Å². The molecule has 45 heavy (non-hydrogen) atoms. The molecule has 2 aliphatic carbocycles. The molecule has 4 fully saturated rings. The predicted octanol–water partition coefficient (Wildman–Crippen LogP) is 4.69. The Bertz CT molecular complexity index is 1930. The molecule has 6 aliphatic rings. The average molecular weight is 624 g/mol. The third kappa shape index (κ3) is 4.08. The van der Waals surface area contributed by atoms with Crippen molar-refractivity contribution in [3.8, 4) is 11.4 Å². The first-order chi connectivity index (χ1) is 22.0. The molecule has 4 atom stereocenters. The zero-order valence-electron chi connectivity index (χ0n) is 24.8. The molecule has 0 spiro atoms. The second-order valence-corrected chi connectivity index (χ2v) is 14.1. The van der Waals surface area contributed by atoms with Crippen molar-refractivity contribution in [2.45, 2.75) is 81.1 Å². The van der Waals surface area contributed by atoms with E-state index in [-0.39, 0.29) is 23.6 Å². The SMILES string of the molecule is O=c1nc2c3c(n1-c1c(C4CC4)ncnc1C1CC1)CN(c1cc(O)cc4cccc(Cl)c14)CC3OCC1C3CCC(CN21)N3. The minimum Gasteiger partial charge on any atom is -0.508 e. The van der Waals surface area contributed by atoms with Crippen LogP contribution in [0.4, 0.5) is 11.5 Å². The van der Waals surface area contributed by atoms with Gasteiger partial charge in [0.05, 0.1) is 52.7 Å². The van der Waals surface area contributed by atoms with E-state index in [2.05, 4.69) is 15.1 Å². The minimum absolute atomic E-state index is 0.106. The topological polar surface area (TPSA) is 109 Å². The fraction of sp³-hybridized carbons (Fsp3) is 0.471. The van der Waals surface area contributed by atoms with Crippen molar-refractivity contribution in [1.82, 2.24) is 24.8 Å². The number of hydrogen-bond acceptors (Lipinski definition) is 9. The van der Waals surface area contributed by atoms with E-state index in [0.29, 0.717) is 48.6 Å². The van der Waals surface area contributed by atoms with Gasteiger partial charge in [0.15, 0.2) is 0 Å². The molecule has 230 valence electrons. The van der Waals surface area contributed by atoms with Crippen molar-refractivity contribution in [2.24, 2.45) is 0 Å². The molecular formula is C34H34ClN7O3. The lowest BCUT2D eigenvalue weighted by Gasteiger charge is -2.41. The fourth-order valence-electron chi connectivity index (χ4n) is 8.45. The molecule has 2 saturated heterocycles. The van der Waals surface area contributed by atoms with Crippen LogP contribution in [0, 0.1) is 0 Å². The Balaban J connectivity index is 1.23. The third-order valence-corrected chi connectivity index (χ3v) is 11.1. The molecule has 2 saturated carbocycles. The number of phenols is 1. The first-order valence-electron chi connectivity index (χ1n) is 16.3. The lowest BCUT2D eigenvalue weighted by atomic mass is 9.98. The van der Waals surface area contributed by atoms with Crippen molar-refractivity contribution < 1.29 is 9.84 Å². The first-order valence-corrected chi connectivity index (χ1v) is 16.7. The van der Waals surface area contributed by atoms with Gasteiger partial charge >= 0.3 is 5.69 Å². The number of nitrogens with zero attached hydrogens (tertiary/aromatic N) is 6. The van der Waals surface area contributed by atoms with E-state index in [4.69, 9.17) is 31.3 Å². The summed E-state index contributed by atoms with van der Waals surface area (Å²) in [5.41, 5.74) is 5.15. The molecule has 11 heteroatoms. The number of hydrogen-bond donors (Lipinski definition) is 2. The summed E-state index contributed by atoms with van der Waals surface area (Å²) < 4.78 is 8.70. The monoisotopic (exact) mass is 623 g/mol. The second kappa shape index (κ2) is 9.64. The first kappa shape index (κ1) is 26.5. The Labute approximate surface area is 265 Å². The van der Waals surface area contributed by atoms with E-state index >= 15 is 0 Å². The van der Waals surface area contributed by atoms with Gasteiger partial charge in [0, 0.05) is 54.0 Å². The molecule has 4 aliphatic heterocycles. The number of phenolic OH excluding ortho intramolecular Hbond substituents is 1. The van der Waals surface area contributed by atoms with Gasteiger partial charge in [-0.25, -0.2) is 14.8 Å². The number of halogens is 1. The number of ether oxygens (including phenoxy) is 1. The number of fused-ring (bicyclic) bond motifs is 6. The van der Waals surface area contributed by atoms with Crippen LogP contribution in [0.5, 0.6) is 5.75 Å². The summed E-state index contributed by atoms with van der Waals surface area (Å²) in [6.07, 6.45) is 7.82. The zero-order chi connectivity index (χ0) is 30.0. The number of anilines is 2. The van der Waals surface area contributed by atoms with E-state index in [1.54, 1.807) is 18.5 Å². The zero-order valence-corrected chi connectivity index (χ0v) is 25.6. The summed E-state index contributed by atoms with van der Waals surface area (Å²) in [5, 5.41) is 17.0. The van der Waals surface area contributed by atoms with Crippen molar-refractivity contribution in [3.63, 3.8) is 0 Å². The highest BCUT2D eigenvalue weighted by Gasteiger charge is 2.47. The predicted molar refractivity (Wildman–Crippen MR) is 171 cm³/mol. The molecule has 4 unspecified atom stereocenters. The number of aromatic nitrogens is 4. The number of aromatic hydroxyl groups is 1. The highest BCUT2D eigenvalue weighted by molar-refractivity contribution is 6.36. The Morgan fingerprint density at radius 2 is 1.80 bits per heavy atom. The minimum atomic E-state index is -0.328. The van der Waals surface area contributed by atoms with Crippen LogP contribution in [-0.4, -0.2) is 62.4 Å². The highest BCUT2D eigenvalue weighted by Crippen LogP contribution is 2.49. The summed E-state index contributed by atoms with van der Waals surface area (Å²) in [6.45, 7) is 2.33. The van der Waals surface area contributed by atoms with E-state index < -0.39 is 0 Å². The van der Waals surface area contributed by atoms with Gasteiger partial charge in [0.25, 0.3) is 0 Å². The molecule has 2 aromatic carbocycles. The van der Waals surface area contributed by atoms with Gasteiger partial charge in [-0.05, 0) is 56.0 Å². The van der Waals surface area contributed by atoms with Crippen molar-refractivity contribution in [2.75, 3.05) is 29.5 Å². The quantitative estimate of drug-likeness (QED) is 0.335. The van der Waals surface area contributed by atoms with E-state index in [0.717, 1.165) is 95.7 Å². The van der Waals surface area contributed by atoms with Crippen LogP contribution < -0.4 is 20.8 Å². The van der Waals surface area contributed by atoms with Gasteiger partial charge in [-0.15, -0.1) is 0 Å². The van der Waals surface area contributed by atoms with Gasteiger partial charge in [0.1, 0.15) is 24.0 Å². The number of benzene rings is 2. The van der Waals surface area contributed by atoms with Crippen LogP contribution in [0.1, 0.15) is 79.1 Å². The molecule has 10 rings (SSSR count). The standard InChI is InChI=1S/C34H34ClN7O3/c35-22-3-1-2-19-10-21(43)11-24(28(19)22)40-13-25-29-27(14-40)45-15-26-23-9-8-20(38-23)12-41(26)33(29)39-34(44)42(25)32-30(17-4-5-17)36-16-37-31(32)18-6-7-18/h1-3,10-11,16-18,20,23,26-27,38,43H,4-9,12-15H2. The van der Waals surface area contributed by atoms with Crippen LogP contribution in [-0.2, 0) is 11.3 Å². The molecule has 0 amide bonds. The normalized spacial score (nSPS) is 27.0. The lowest BCUT2D eigenvalue weighted by Crippen LogP contribution is -2.59. The average Bonchev–Trinajstić information content (AvgIpc) is 3.96. The van der Waals surface area contributed by atoms with Crippen LogP contribution in [0.2, 0.25) is 5.02 Å². The molecular weight excluding hydrogens is 590 g/mol. The van der Waals surface area contributed by atoms with Gasteiger partial charge < -0.3 is 25.0 Å². The largest absolute Gasteiger partial charge is 0.508 e. The summed E-state index contributed by atoms with van der Waals surface area (Å²) in [5.74, 6) is 1.59. The molecule has 2 N–H and O–H groups in total. The van der Waals surface area contributed by atoms with Crippen LogP contribution in [0.25, 0.3) is 16.5 Å². The van der Waals surface area contributed by atoms with E-state index in [1.807, 2.05) is 22.8 Å². The van der Waals surface area contributed by atoms with Crippen molar-refractivity contribution >= 4 is 33.9 Å². The van der Waals surface area contributed by atoms with Gasteiger partial charge in [-0.3, -0.25) is 4.57 Å². The van der Waals surface area contributed by atoms with E-state index in [9.17, 15) is 9.90 Å². The molecule has 6 heterocycles. The number of piperazine rings is 1. The lowest BCUT2D eigenvalue weighted by molar-refractivity contribution is 0.0413. The van der Waals surface area contributed by atoms with Gasteiger partial charge in [-0.1, -0.05) is 23.7 Å². The van der Waals surface area contributed by atoms with Crippen LogP contribution in [0.3, 0.4) is 0 Å². The van der Waals surface area contributed by atoms with Crippen LogP contribution >= 0.6 is 11.6 Å². The van der Waals surface area contributed by atoms with Gasteiger partial charge in [0.2, 0.25) is 0 Å². The summed E-state index contributed by atoms with van der Waals surface area (Å²) >= 11 is 6.83. The highest BCUT2D eigenvalue weighted by atomic mass is 35.5. The third-order valence-electron chi connectivity index (χ3n) is 10.8. The molecule has 2 bridgehead atoms. The Morgan fingerprint density at radius 1 is 1.00 bits per heavy atom. The Hall–Kier alpha value is -3.73. The Kier molecular flexibility index (Phi) is 5.67. The maximum absolute atomic E-state index is 14.6. The Morgan fingerprint density at radius 3 is 2.58 bits per heavy atom. The van der Waals surface area contributed by atoms with Crippen LogP contribution in [0.15, 0.2) is 41.5 Å². The maximum Gasteiger partial charge on any atom is 0.354 e. The number of nitrogens with one attached hydrogen (secondary N) is 1. The summed E-state index contributed by atoms with van der Waals surface area (Å²) in [7, 11) is 0. The smallest absolute Gasteiger partial charge is 0.354 e. The molecule has 0 radical (unpaired) electrons. The molecule has 10 nitrogen and oxygen atoms in total. The fourth-order valence-corrected chi connectivity index (χ4v) is 8.73. The summed E-state index contributed by atoms with van der Waals surface area (Å²) in [6, 6.07) is 10.1. The summed E-state index contributed by atoms with van der Waals surface area (Å²) in [4.78, 5) is 33.7. The number of rotatable bonds is 4. The van der Waals surface area contributed by atoms with Crippen molar-refractivity contribution in [1.29, 1.82) is 0 Å².